The Bertz CT molecular complexity index is 632. The van der Waals surface area contributed by atoms with Gasteiger partial charge in [-0.3, -0.25) is 4.79 Å². The first-order valence-electron chi connectivity index (χ1n) is 6.74. The number of rotatable bonds is 3. The Morgan fingerprint density at radius 3 is 2.80 bits per heavy atom. The molecule has 0 aromatic carbocycles. The number of carbonyl (C=O) groups excluding carboxylic acids is 1. The summed E-state index contributed by atoms with van der Waals surface area (Å²) in [4.78, 5) is 16.0. The molecular formula is C14H17N3O2S. The molecule has 0 saturated heterocycles. The molecule has 106 valence electrons. The summed E-state index contributed by atoms with van der Waals surface area (Å²) in [5.74, 6) is -0.154. The van der Waals surface area contributed by atoms with Gasteiger partial charge >= 0.3 is 0 Å². The third-order valence-corrected chi connectivity index (χ3v) is 4.52. The number of fused-ring (bicyclic) bond motifs is 1. The molecule has 0 unspecified atom stereocenters. The van der Waals surface area contributed by atoms with Crippen molar-refractivity contribution in [3.63, 3.8) is 0 Å². The van der Waals surface area contributed by atoms with E-state index < -0.39 is 5.91 Å². The molecule has 0 aliphatic heterocycles. The molecule has 2 aromatic rings. The lowest BCUT2D eigenvalue weighted by molar-refractivity contribution is 0.0983. The van der Waals surface area contributed by atoms with Crippen molar-refractivity contribution in [3.8, 4) is 5.88 Å². The normalized spacial score (nSPS) is 22.9. The molecule has 1 amide bonds. The smallest absolute Gasteiger partial charge is 0.254 e. The lowest BCUT2D eigenvalue weighted by Gasteiger charge is -2.26. The molecule has 20 heavy (non-hydrogen) atoms. The standard InChI is InChI=1S/C14H17N3O2S/c15-8-1-3-9(4-2-8)19-14-10(13(16)18)7-12-11(17-14)5-6-20-12/h5-9H,1-4,15H2,(H2,16,18). The van der Waals surface area contributed by atoms with Crippen LogP contribution in [-0.2, 0) is 0 Å². The Hall–Kier alpha value is -1.66. The zero-order chi connectivity index (χ0) is 14.1. The van der Waals surface area contributed by atoms with Crippen LogP contribution in [0.4, 0.5) is 0 Å². The van der Waals surface area contributed by atoms with Crippen molar-refractivity contribution in [2.75, 3.05) is 0 Å². The maximum atomic E-state index is 11.6. The van der Waals surface area contributed by atoms with Gasteiger partial charge in [-0.15, -0.1) is 11.3 Å². The summed E-state index contributed by atoms with van der Waals surface area (Å²) < 4.78 is 6.85. The summed E-state index contributed by atoms with van der Waals surface area (Å²) in [6.45, 7) is 0. The minimum Gasteiger partial charge on any atom is -0.474 e. The summed E-state index contributed by atoms with van der Waals surface area (Å²) >= 11 is 1.53. The van der Waals surface area contributed by atoms with E-state index in [4.69, 9.17) is 16.2 Å². The van der Waals surface area contributed by atoms with Gasteiger partial charge in [0.15, 0.2) is 0 Å². The SMILES string of the molecule is NC(=O)c1cc2sccc2nc1OC1CCC(N)CC1. The van der Waals surface area contributed by atoms with Crippen LogP contribution in [0.2, 0.25) is 0 Å². The number of nitrogens with two attached hydrogens (primary N) is 2. The zero-order valence-corrected chi connectivity index (χ0v) is 11.9. The molecule has 0 spiro atoms. The number of carbonyl (C=O) groups is 1. The van der Waals surface area contributed by atoms with Crippen molar-refractivity contribution < 1.29 is 9.53 Å². The van der Waals surface area contributed by atoms with Crippen LogP contribution in [0, 0.1) is 0 Å². The third-order valence-electron chi connectivity index (χ3n) is 3.66. The Labute approximate surface area is 120 Å². The Morgan fingerprint density at radius 1 is 1.35 bits per heavy atom. The third kappa shape index (κ3) is 2.62. The summed E-state index contributed by atoms with van der Waals surface area (Å²) in [5.41, 5.74) is 12.5. The molecular weight excluding hydrogens is 274 g/mol. The van der Waals surface area contributed by atoms with E-state index in [-0.39, 0.29) is 12.1 Å². The van der Waals surface area contributed by atoms with Gasteiger partial charge in [0.25, 0.3) is 5.91 Å². The zero-order valence-electron chi connectivity index (χ0n) is 11.0. The predicted octanol–water partition coefficient (Wildman–Crippen LogP) is 2.04. The molecule has 1 aliphatic rings. The number of ether oxygens (including phenoxy) is 1. The number of nitrogens with zero attached hydrogens (tertiary/aromatic N) is 1. The first-order valence-corrected chi connectivity index (χ1v) is 7.62. The molecule has 5 nitrogen and oxygen atoms in total. The number of pyridine rings is 1. The quantitative estimate of drug-likeness (QED) is 0.905. The van der Waals surface area contributed by atoms with E-state index in [9.17, 15) is 4.79 Å². The van der Waals surface area contributed by atoms with Crippen molar-refractivity contribution in [1.29, 1.82) is 0 Å². The lowest BCUT2D eigenvalue weighted by atomic mass is 9.94. The molecule has 0 bridgehead atoms. The minimum atomic E-state index is -0.504. The average Bonchev–Trinajstić information content (AvgIpc) is 2.87. The van der Waals surface area contributed by atoms with Crippen molar-refractivity contribution in [2.45, 2.75) is 37.8 Å². The molecule has 1 aliphatic carbocycles. The first-order chi connectivity index (χ1) is 9.63. The van der Waals surface area contributed by atoms with Crippen molar-refractivity contribution in [3.05, 3.63) is 23.1 Å². The van der Waals surface area contributed by atoms with Crippen LogP contribution < -0.4 is 16.2 Å². The van der Waals surface area contributed by atoms with Crippen LogP contribution >= 0.6 is 11.3 Å². The highest BCUT2D eigenvalue weighted by atomic mass is 32.1. The highest BCUT2D eigenvalue weighted by Gasteiger charge is 2.23. The maximum absolute atomic E-state index is 11.6. The van der Waals surface area contributed by atoms with E-state index in [1.54, 1.807) is 6.07 Å². The summed E-state index contributed by atoms with van der Waals surface area (Å²) in [6.07, 6.45) is 3.73. The number of hydrogen-bond donors (Lipinski definition) is 2. The van der Waals surface area contributed by atoms with Crippen LogP contribution in [0.15, 0.2) is 17.5 Å². The Kier molecular flexibility index (Phi) is 3.58. The van der Waals surface area contributed by atoms with Gasteiger partial charge in [-0.2, -0.15) is 0 Å². The van der Waals surface area contributed by atoms with Gasteiger partial charge in [0.05, 0.1) is 10.2 Å². The van der Waals surface area contributed by atoms with Gasteiger partial charge in [-0.05, 0) is 43.2 Å². The fourth-order valence-electron chi connectivity index (χ4n) is 2.51. The number of aromatic nitrogens is 1. The lowest BCUT2D eigenvalue weighted by Crippen LogP contribution is -2.32. The van der Waals surface area contributed by atoms with E-state index >= 15 is 0 Å². The molecule has 1 saturated carbocycles. The highest BCUT2D eigenvalue weighted by Crippen LogP contribution is 2.29. The van der Waals surface area contributed by atoms with Crippen LogP contribution in [0.5, 0.6) is 5.88 Å². The minimum absolute atomic E-state index is 0.0662. The van der Waals surface area contributed by atoms with E-state index in [2.05, 4.69) is 4.98 Å². The van der Waals surface area contributed by atoms with Gasteiger partial charge in [0.1, 0.15) is 11.7 Å². The first kappa shape index (κ1) is 13.3. The van der Waals surface area contributed by atoms with Gasteiger partial charge in [-0.1, -0.05) is 0 Å². The van der Waals surface area contributed by atoms with Gasteiger partial charge in [0.2, 0.25) is 5.88 Å². The monoisotopic (exact) mass is 291 g/mol. The molecule has 2 heterocycles. The average molecular weight is 291 g/mol. The molecule has 0 radical (unpaired) electrons. The predicted molar refractivity (Wildman–Crippen MR) is 79.0 cm³/mol. The van der Waals surface area contributed by atoms with Gasteiger partial charge < -0.3 is 16.2 Å². The number of hydrogen-bond acceptors (Lipinski definition) is 5. The van der Waals surface area contributed by atoms with Crippen molar-refractivity contribution in [2.24, 2.45) is 11.5 Å². The van der Waals surface area contributed by atoms with Crippen LogP contribution in [0.25, 0.3) is 10.2 Å². The number of thiophene rings is 1. The topological polar surface area (TPSA) is 91.2 Å². The second kappa shape index (κ2) is 5.38. The fourth-order valence-corrected chi connectivity index (χ4v) is 3.27. The molecule has 2 aromatic heterocycles. The number of primary amides is 1. The molecule has 0 atom stereocenters. The van der Waals surface area contributed by atoms with Crippen molar-refractivity contribution in [1.82, 2.24) is 4.98 Å². The van der Waals surface area contributed by atoms with E-state index in [1.807, 2.05) is 11.4 Å². The largest absolute Gasteiger partial charge is 0.474 e. The van der Waals surface area contributed by atoms with Crippen LogP contribution in [0.1, 0.15) is 36.0 Å². The van der Waals surface area contributed by atoms with Crippen molar-refractivity contribution >= 4 is 27.5 Å². The second-order valence-electron chi connectivity index (χ2n) is 5.16. The van der Waals surface area contributed by atoms with Crippen LogP contribution in [0.3, 0.4) is 0 Å². The highest BCUT2D eigenvalue weighted by molar-refractivity contribution is 7.17. The second-order valence-corrected chi connectivity index (χ2v) is 6.11. The molecule has 6 heteroatoms. The van der Waals surface area contributed by atoms with E-state index in [0.29, 0.717) is 11.4 Å². The Balaban J connectivity index is 1.88. The fraction of sp³-hybridized carbons (Fsp3) is 0.429. The van der Waals surface area contributed by atoms with Gasteiger partial charge in [0, 0.05) is 6.04 Å². The van der Waals surface area contributed by atoms with Gasteiger partial charge in [-0.25, -0.2) is 4.98 Å². The summed E-state index contributed by atoms with van der Waals surface area (Å²) in [5, 5.41) is 1.94. The van der Waals surface area contributed by atoms with E-state index in [0.717, 1.165) is 35.9 Å². The molecule has 1 fully saturated rings. The van der Waals surface area contributed by atoms with Crippen LogP contribution in [-0.4, -0.2) is 23.0 Å². The number of amides is 1. The summed E-state index contributed by atoms with van der Waals surface area (Å²) in [6, 6.07) is 3.94. The molecule has 3 rings (SSSR count). The maximum Gasteiger partial charge on any atom is 0.254 e. The summed E-state index contributed by atoms with van der Waals surface area (Å²) in [7, 11) is 0. The van der Waals surface area contributed by atoms with E-state index in [1.165, 1.54) is 11.3 Å². The molecule has 4 N–H and O–H groups in total. The Morgan fingerprint density at radius 2 is 2.10 bits per heavy atom.